The van der Waals surface area contributed by atoms with Gasteiger partial charge in [0.2, 0.25) is 5.91 Å². The average molecular weight is 323 g/mol. The van der Waals surface area contributed by atoms with Crippen molar-refractivity contribution in [1.29, 1.82) is 0 Å². The summed E-state index contributed by atoms with van der Waals surface area (Å²) in [6.45, 7) is 2.25. The Kier molecular flexibility index (Phi) is 5.48. The highest BCUT2D eigenvalue weighted by Gasteiger charge is 2.09. The zero-order valence-electron chi connectivity index (χ0n) is 11.6. The summed E-state index contributed by atoms with van der Waals surface area (Å²) in [4.78, 5) is 11.9. The molecule has 3 nitrogen and oxygen atoms in total. The molecule has 0 saturated carbocycles. The van der Waals surface area contributed by atoms with Crippen LogP contribution in [0.5, 0.6) is 0 Å². The van der Waals surface area contributed by atoms with Gasteiger partial charge in [-0.2, -0.15) is 0 Å². The summed E-state index contributed by atoms with van der Waals surface area (Å²) >= 11 is 12.0. The highest BCUT2D eigenvalue weighted by Crippen LogP contribution is 2.29. The summed E-state index contributed by atoms with van der Waals surface area (Å²) < 4.78 is 0. The Labute approximate surface area is 134 Å². The summed E-state index contributed by atoms with van der Waals surface area (Å²) in [5.41, 5.74) is 2.59. The molecular formula is C16H16Cl2N2O. The van der Waals surface area contributed by atoms with Gasteiger partial charge in [0.15, 0.2) is 0 Å². The number of nitrogens with one attached hydrogen (secondary N) is 2. The predicted octanol–water partition coefficient (Wildman–Crippen LogP) is 4.61. The normalized spacial score (nSPS) is 10.2. The third-order valence-corrected chi connectivity index (χ3v) is 3.67. The van der Waals surface area contributed by atoms with Crippen molar-refractivity contribution in [3.8, 4) is 0 Å². The third-order valence-electron chi connectivity index (χ3n) is 3.04. The molecule has 0 saturated heterocycles. The molecule has 0 aliphatic heterocycles. The summed E-state index contributed by atoms with van der Waals surface area (Å²) in [5.74, 6) is -0.204. The van der Waals surface area contributed by atoms with E-state index in [1.54, 1.807) is 18.2 Å². The molecule has 0 atom stereocenters. The molecule has 0 heterocycles. The Morgan fingerprint density at radius 2 is 1.67 bits per heavy atom. The minimum Gasteiger partial charge on any atom is -0.376 e. The van der Waals surface area contributed by atoms with Crippen LogP contribution in [0.3, 0.4) is 0 Å². The minimum absolute atomic E-state index is 0.146. The molecule has 1 amide bonds. The third kappa shape index (κ3) is 4.38. The van der Waals surface area contributed by atoms with Crippen LogP contribution in [0.1, 0.15) is 12.5 Å². The van der Waals surface area contributed by atoms with E-state index in [0.29, 0.717) is 15.7 Å². The number of carbonyl (C=O) groups is 1. The zero-order chi connectivity index (χ0) is 15.2. The fraction of sp³-hybridized carbons (Fsp3) is 0.188. The van der Waals surface area contributed by atoms with Crippen LogP contribution in [0, 0.1) is 0 Å². The van der Waals surface area contributed by atoms with Gasteiger partial charge in [-0.3, -0.25) is 4.79 Å². The van der Waals surface area contributed by atoms with Crippen LogP contribution in [0.25, 0.3) is 0 Å². The lowest BCUT2D eigenvalue weighted by Gasteiger charge is -2.10. The molecule has 0 aliphatic carbocycles. The Morgan fingerprint density at radius 1 is 1.05 bits per heavy atom. The number of amides is 1. The summed E-state index contributed by atoms with van der Waals surface area (Å²) in [5, 5.41) is 6.60. The SMILES string of the molecule is CCc1ccc(NCC(=O)Nc2c(Cl)cccc2Cl)cc1. The predicted molar refractivity (Wildman–Crippen MR) is 89.4 cm³/mol. The molecule has 2 aromatic rings. The van der Waals surface area contributed by atoms with Crippen LogP contribution >= 0.6 is 23.2 Å². The van der Waals surface area contributed by atoms with Crippen molar-refractivity contribution in [2.45, 2.75) is 13.3 Å². The second kappa shape index (κ2) is 7.34. The molecule has 2 N–H and O–H groups in total. The van der Waals surface area contributed by atoms with E-state index in [4.69, 9.17) is 23.2 Å². The van der Waals surface area contributed by atoms with E-state index < -0.39 is 0 Å². The van der Waals surface area contributed by atoms with Gasteiger partial charge < -0.3 is 10.6 Å². The molecule has 5 heteroatoms. The zero-order valence-corrected chi connectivity index (χ0v) is 13.1. The van der Waals surface area contributed by atoms with E-state index in [1.165, 1.54) is 5.56 Å². The molecule has 0 aliphatic rings. The largest absolute Gasteiger partial charge is 0.376 e. The smallest absolute Gasteiger partial charge is 0.243 e. The van der Waals surface area contributed by atoms with E-state index in [9.17, 15) is 4.79 Å². The van der Waals surface area contributed by atoms with Gasteiger partial charge in [-0.15, -0.1) is 0 Å². The van der Waals surface area contributed by atoms with E-state index >= 15 is 0 Å². The first kappa shape index (κ1) is 15.7. The number of aryl methyl sites for hydroxylation is 1. The molecule has 2 aromatic carbocycles. The lowest BCUT2D eigenvalue weighted by Crippen LogP contribution is -2.22. The molecule has 21 heavy (non-hydrogen) atoms. The number of benzene rings is 2. The van der Waals surface area contributed by atoms with Gasteiger partial charge in [-0.1, -0.05) is 48.3 Å². The standard InChI is InChI=1S/C16H16Cl2N2O/c1-2-11-6-8-12(9-7-11)19-10-15(21)20-16-13(17)4-3-5-14(16)18/h3-9,19H,2,10H2,1H3,(H,20,21). The number of halogens is 2. The Bertz CT molecular complexity index is 606. The van der Waals surface area contributed by atoms with Crippen molar-refractivity contribution < 1.29 is 4.79 Å². The first-order valence-corrected chi connectivity index (χ1v) is 7.42. The number of hydrogen-bond acceptors (Lipinski definition) is 2. The molecule has 0 bridgehead atoms. The molecule has 110 valence electrons. The summed E-state index contributed by atoms with van der Waals surface area (Å²) in [6.07, 6.45) is 0.992. The lowest BCUT2D eigenvalue weighted by molar-refractivity contribution is -0.114. The van der Waals surface area contributed by atoms with Gasteiger partial charge in [0.1, 0.15) is 0 Å². The number of rotatable bonds is 5. The van der Waals surface area contributed by atoms with Crippen molar-refractivity contribution >= 4 is 40.5 Å². The Balaban J connectivity index is 1.92. The van der Waals surface area contributed by atoms with E-state index in [1.807, 2.05) is 24.3 Å². The van der Waals surface area contributed by atoms with Crippen molar-refractivity contribution in [3.63, 3.8) is 0 Å². The highest BCUT2D eigenvalue weighted by molar-refractivity contribution is 6.39. The number of anilines is 2. The number of para-hydroxylation sites is 1. The van der Waals surface area contributed by atoms with Crippen molar-refractivity contribution in [3.05, 3.63) is 58.1 Å². The summed E-state index contributed by atoms with van der Waals surface area (Å²) in [7, 11) is 0. The molecule has 0 radical (unpaired) electrons. The van der Waals surface area contributed by atoms with Gasteiger partial charge in [-0.05, 0) is 36.2 Å². The van der Waals surface area contributed by atoms with Crippen LogP contribution in [0.4, 0.5) is 11.4 Å². The topological polar surface area (TPSA) is 41.1 Å². The van der Waals surface area contributed by atoms with Crippen LogP contribution in [0.15, 0.2) is 42.5 Å². The first-order valence-electron chi connectivity index (χ1n) is 6.67. The fourth-order valence-corrected chi connectivity index (χ4v) is 2.33. The molecule has 0 spiro atoms. The lowest BCUT2D eigenvalue weighted by atomic mass is 10.1. The number of carbonyl (C=O) groups excluding carboxylic acids is 1. The van der Waals surface area contributed by atoms with Gasteiger partial charge in [-0.25, -0.2) is 0 Å². The Morgan fingerprint density at radius 3 is 2.24 bits per heavy atom. The van der Waals surface area contributed by atoms with E-state index in [0.717, 1.165) is 12.1 Å². The highest BCUT2D eigenvalue weighted by atomic mass is 35.5. The first-order chi connectivity index (χ1) is 10.1. The summed E-state index contributed by atoms with van der Waals surface area (Å²) in [6, 6.07) is 13.1. The molecule has 2 rings (SSSR count). The van der Waals surface area contributed by atoms with Gasteiger partial charge in [0.25, 0.3) is 0 Å². The fourth-order valence-electron chi connectivity index (χ4n) is 1.84. The minimum atomic E-state index is -0.204. The van der Waals surface area contributed by atoms with Gasteiger partial charge in [0, 0.05) is 5.69 Å². The van der Waals surface area contributed by atoms with Crippen LogP contribution in [-0.4, -0.2) is 12.5 Å². The van der Waals surface area contributed by atoms with Crippen LogP contribution in [0.2, 0.25) is 10.0 Å². The van der Waals surface area contributed by atoms with Gasteiger partial charge in [0.05, 0.1) is 22.3 Å². The molecule has 0 unspecified atom stereocenters. The second-order valence-electron chi connectivity index (χ2n) is 4.55. The molecule has 0 fully saturated rings. The number of hydrogen-bond donors (Lipinski definition) is 2. The Hall–Kier alpha value is -1.71. The van der Waals surface area contributed by atoms with E-state index in [2.05, 4.69) is 17.6 Å². The maximum Gasteiger partial charge on any atom is 0.243 e. The van der Waals surface area contributed by atoms with Crippen LogP contribution in [-0.2, 0) is 11.2 Å². The maximum atomic E-state index is 11.9. The second-order valence-corrected chi connectivity index (χ2v) is 5.36. The maximum absolute atomic E-state index is 11.9. The van der Waals surface area contributed by atoms with E-state index in [-0.39, 0.29) is 12.5 Å². The van der Waals surface area contributed by atoms with Crippen molar-refractivity contribution in [2.24, 2.45) is 0 Å². The van der Waals surface area contributed by atoms with Gasteiger partial charge >= 0.3 is 0 Å². The monoisotopic (exact) mass is 322 g/mol. The molecule has 0 aromatic heterocycles. The van der Waals surface area contributed by atoms with Crippen molar-refractivity contribution in [1.82, 2.24) is 0 Å². The van der Waals surface area contributed by atoms with Crippen LogP contribution < -0.4 is 10.6 Å². The average Bonchev–Trinajstić information content (AvgIpc) is 2.49. The molecular weight excluding hydrogens is 307 g/mol. The quantitative estimate of drug-likeness (QED) is 0.844. The van der Waals surface area contributed by atoms with Crippen molar-refractivity contribution in [2.75, 3.05) is 17.2 Å².